The molecule has 0 spiro atoms. The molecule has 0 radical (unpaired) electrons. The number of carbonyl (C=O) groups excluding carboxylic acids is 1. The van der Waals surface area contributed by atoms with Gasteiger partial charge in [-0.3, -0.25) is 9.48 Å². The van der Waals surface area contributed by atoms with E-state index < -0.39 is 0 Å². The monoisotopic (exact) mass is 266 g/mol. The number of thiophene rings is 1. The second-order valence-corrected chi connectivity index (χ2v) is 5.02. The van der Waals surface area contributed by atoms with Crippen molar-refractivity contribution < 1.29 is 4.79 Å². The highest BCUT2D eigenvalue weighted by Crippen LogP contribution is 2.19. The summed E-state index contributed by atoms with van der Waals surface area (Å²) in [5.41, 5.74) is 1.45. The van der Waals surface area contributed by atoms with Gasteiger partial charge in [0, 0.05) is 18.1 Å². The van der Waals surface area contributed by atoms with Gasteiger partial charge in [-0.2, -0.15) is 5.10 Å². The van der Waals surface area contributed by atoms with Crippen molar-refractivity contribution in [3.63, 3.8) is 0 Å². The second kappa shape index (κ2) is 4.85. The van der Waals surface area contributed by atoms with Gasteiger partial charge in [0.2, 0.25) is 5.78 Å². The van der Waals surface area contributed by atoms with Gasteiger partial charge in [-0.1, -0.05) is 11.6 Å². The Morgan fingerprint density at radius 1 is 1.59 bits per heavy atom. The van der Waals surface area contributed by atoms with Crippen LogP contribution in [-0.4, -0.2) is 15.6 Å². The molecule has 0 bridgehead atoms. The summed E-state index contributed by atoms with van der Waals surface area (Å²) in [4.78, 5) is 12.9. The summed E-state index contributed by atoms with van der Waals surface area (Å²) in [5, 5.41) is 6.39. The third kappa shape index (κ3) is 2.65. The molecule has 0 N–H and O–H groups in total. The Morgan fingerprint density at radius 2 is 2.35 bits per heavy atom. The number of halogens is 1. The van der Waals surface area contributed by atoms with E-state index in [9.17, 15) is 4.79 Å². The van der Waals surface area contributed by atoms with Crippen LogP contribution in [0.4, 0.5) is 0 Å². The molecule has 17 heavy (non-hydrogen) atoms. The number of aryl methyl sites for hydroxylation is 2. The zero-order valence-electron chi connectivity index (χ0n) is 9.48. The lowest BCUT2D eigenvalue weighted by Crippen LogP contribution is -1.98. The molecule has 3 nitrogen and oxygen atoms in total. The standard InChI is InChI=1S/C12H11ClN2OS/c1-8-5-6-17-11(8)4-3-10(16)12-9(13)7-15(2)14-12/h3-7H,1-2H3/b4-3+. The summed E-state index contributed by atoms with van der Waals surface area (Å²) in [5.74, 6) is -0.177. The normalized spacial score (nSPS) is 11.2. The molecule has 2 aromatic rings. The van der Waals surface area contributed by atoms with Crippen molar-refractivity contribution in [2.45, 2.75) is 6.92 Å². The van der Waals surface area contributed by atoms with Crippen molar-refractivity contribution in [1.29, 1.82) is 0 Å². The van der Waals surface area contributed by atoms with Crippen LogP contribution < -0.4 is 0 Å². The molecule has 0 saturated heterocycles. The second-order valence-electron chi connectivity index (χ2n) is 3.66. The van der Waals surface area contributed by atoms with Crippen LogP contribution in [-0.2, 0) is 7.05 Å². The Balaban J connectivity index is 2.20. The minimum Gasteiger partial charge on any atom is -0.287 e. The quantitative estimate of drug-likeness (QED) is 0.631. The van der Waals surface area contributed by atoms with Crippen LogP contribution in [0.1, 0.15) is 20.9 Å². The van der Waals surface area contributed by atoms with Crippen molar-refractivity contribution in [3.8, 4) is 0 Å². The Bertz CT molecular complexity index is 583. The summed E-state index contributed by atoms with van der Waals surface area (Å²) in [7, 11) is 1.73. The predicted molar refractivity (Wildman–Crippen MR) is 70.6 cm³/mol. The highest BCUT2D eigenvalue weighted by molar-refractivity contribution is 7.11. The molecule has 2 aromatic heterocycles. The first kappa shape index (κ1) is 12.1. The van der Waals surface area contributed by atoms with Gasteiger partial charge < -0.3 is 0 Å². The molecule has 0 saturated carbocycles. The van der Waals surface area contributed by atoms with E-state index in [0.29, 0.717) is 10.7 Å². The topological polar surface area (TPSA) is 34.9 Å². The molecule has 0 aliphatic rings. The number of nitrogens with zero attached hydrogens (tertiary/aromatic N) is 2. The zero-order valence-corrected chi connectivity index (χ0v) is 11.0. The van der Waals surface area contributed by atoms with Crippen LogP contribution in [0.3, 0.4) is 0 Å². The molecule has 5 heteroatoms. The molecule has 0 unspecified atom stereocenters. The number of hydrogen-bond donors (Lipinski definition) is 0. The van der Waals surface area contributed by atoms with Gasteiger partial charge in [0.25, 0.3) is 0 Å². The van der Waals surface area contributed by atoms with Crippen LogP contribution in [0.2, 0.25) is 5.02 Å². The molecule has 0 aromatic carbocycles. The molecule has 0 amide bonds. The Hall–Kier alpha value is -1.39. The van der Waals surface area contributed by atoms with E-state index in [4.69, 9.17) is 11.6 Å². The van der Waals surface area contributed by atoms with E-state index in [0.717, 1.165) is 10.4 Å². The number of hydrogen-bond acceptors (Lipinski definition) is 3. The summed E-state index contributed by atoms with van der Waals surface area (Å²) in [6.45, 7) is 2.01. The van der Waals surface area contributed by atoms with Gasteiger partial charge in [-0.25, -0.2) is 0 Å². The van der Waals surface area contributed by atoms with E-state index in [2.05, 4.69) is 5.10 Å². The van der Waals surface area contributed by atoms with Gasteiger partial charge in [0.1, 0.15) is 0 Å². The average molecular weight is 267 g/mol. The third-order valence-electron chi connectivity index (χ3n) is 2.31. The number of ketones is 1. The van der Waals surface area contributed by atoms with Crippen molar-refractivity contribution in [2.75, 3.05) is 0 Å². The van der Waals surface area contributed by atoms with Gasteiger partial charge in [-0.05, 0) is 36.1 Å². The van der Waals surface area contributed by atoms with Gasteiger partial charge in [-0.15, -0.1) is 11.3 Å². The van der Waals surface area contributed by atoms with Crippen LogP contribution in [0.25, 0.3) is 6.08 Å². The minimum atomic E-state index is -0.177. The third-order valence-corrected chi connectivity index (χ3v) is 3.57. The fourth-order valence-electron chi connectivity index (χ4n) is 1.41. The van der Waals surface area contributed by atoms with Crippen molar-refractivity contribution in [3.05, 3.63) is 44.9 Å². The lowest BCUT2D eigenvalue weighted by molar-refractivity contribution is 0.104. The smallest absolute Gasteiger partial charge is 0.207 e. The first-order valence-corrected chi connectivity index (χ1v) is 6.29. The molecule has 2 rings (SSSR count). The fraction of sp³-hybridized carbons (Fsp3) is 0.167. The minimum absolute atomic E-state index is 0.177. The van der Waals surface area contributed by atoms with E-state index in [1.165, 1.54) is 10.8 Å². The number of aromatic nitrogens is 2. The predicted octanol–water partition coefficient (Wildman–Crippen LogP) is 3.34. The molecule has 0 aliphatic heterocycles. The van der Waals surface area contributed by atoms with Crippen LogP contribution in [0, 0.1) is 6.92 Å². The molecule has 88 valence electrons. The fourth-order valence-corrected chi connectivity index (χ4v) is 2.50. The van der Waals surface area contributed by atoms with Gasteiger partial charge in [0.05, 0.1) is 5.02 Å². The van der Waals surface area contributed by atoms with Crippen LogP contribution >= 0.6 is 22.9 Å². The summed E-state index contributed by atoms with van der Waals surface area (Å²) < 4.78 is 1.53. The molecule has 0 aliphatic carbocycles. The lowest BCUT2D eigenvalue weighted by atomic mass is 10.2. The average Bonchev–Trinajstić information content (AvgIpc) is 2.81. The lowest BCUT2D eigenvalue weighted by Gasteiger charge is -1.91. The van der Waals surface area contributed by atoms with Crippen molar-refractivity contribution in [1.82, 2.24) is 9.78 Å². The Kier molecular flexibility index (Phi) is 3.45. The first-order chi connectivity index (χ1) is 8.08. The summed E-state index contributed by atoms with van der Waals surface area (Å²) in [6.07, 6.45) is 4.92. The highest BCUT2D eigenvalue weighted by atomic mass is 35.5. The summed E-state index contributed by atoms with van der Waals surface area (Å²) >= 11 is 7.49. The molecular formula is C12H11ClN2OS. The van der Waals surface area contributed by atoms with Crippen LogP contribution in [0.5, 0.6) is 0 Å². The SMILES string of the molecule is Cc1ccsc1/C=C/C(=O)c1nn(C)cc1Cl. The molecule has 0 atom stereocenters. The van der Waals surface area contributed by atoms with E-state index in [1.54, 1.807) is 30.7 Å². The number of carbonyl (C=O) groups is 1. The Labute approximate surface area is 108 Å². The van der Waals surface area contributed by atoms with E-state index >= 15 is 0 Å². The first-order valence-electron chi connectivity index (χ1n) is 5.03. The van der Waals surface area contributed by atoms with E-state index in [-0.39, 0.29) is 5.78 Å². The van der Waals surface area contributed by atoms with Crippen molar-refractivity contribution in [2.24, 2.45) is 7.05 Å². The maximum Gasteiger partial charge on any atom is 0.207 e. The van der Waals surface area contributed by atoms with Gasteiger partial charge >= 0.3 is 0 Å². The number of rotatable bonds is 3. The number of allylic oxidation sites excluding steroid dienone is 1. The van der Waals surface area contributed by atoms with Crippen molar-refractivity contribution >= 4 is 34.8 Å². The van der Waals surface area contributed by atoms with Gasteiger partial charge in [0.15, 0.2) is 5.69 Å². The van der Waals surface area contributed by atoms with Crippen LogP contribution in [0.15, 0.2) is 23.7 Å². The zero-order chi connectivity index (χ0) is 12.4. The highest BCUT2D eigenvalue weighted by Gasteiger charge is 2.11. The molecule has 0 fully saturated rings. The summed E-state index contributed by atoms with van der Waals surface area (Å²) in [6, 6.07) is 2.02. The maximum absolute atomic E-state index is 11.8. The maximum atomic E-state index is 11.8. The molecular weight excluding hydrogens is 256 g/mol. The largest absolute Gasteiger partial charge is 0.287 e. The molecule has 2 heterocycles. The van der Waals surface area contributed by atoms with E-state index in [1.807, 2.05) is 18.4 Å². The Morgan fingerprint density at radius 3 is 2.88 bits per heavy atom.